The maximum Gasteiger partial charge on any atom is 0.0327 e. The molecular weight excluding hydrogens is 294 g/mol. The zero-order chi connectivity index (χ0) is 11.7. The van der Waals surface area contributed by atoms with Crippen LogP contribution in [0.1, 0.15) is 36.4 Å². The van der Waals surface area contributed by atoms with E-state index in [1.54, 1.807) is 0 Å². The zero-order valence-electron chi connectivity index (χ0n) is 9.92. The van der Waals surface area contributed by atoms with E-state index in [-0.39, 0.29) is 0 Å². The van der Waals surface area contributed by atoms with Crippen molar-refractivity contribution in [3.05, 3.63) is 33.8 Å². The van der Waals surface area contributed by atoms with Gasteiger partial charge in [0.2, 0.25) is 0 Å². The first kappa shape index (κ1) is 12.1. The molecule has 1 fully saturated rings. The average molecular weight is 312 g/mol. The molecule has 1 saturated heterocycles. The molecule has 3 rings (SSSR count). The minimum Gasteiger partial charge on any atom is -0.309 e. The molecule has 0 aromatic heterocycles. The lowest BCUT2D eigenvalue weighted by Gasteiger charge is -2.17. The lowest BCUT2D eigenvalue weighted by Crippen LogP contribution is -2.26. The summed E-state index contributed by atoms with van der Waals surface area (Å²) >= 11 is 5.80. The van der Waals surface area contributed by atoms with Gasteiger partial charge >= 0.3 is 0 Å². The summed E-state index contributed by atoms with van der Waals surface area (Å²) in [5.41, 5.74) is 3.03. The van der Waals surface area contributed by atoms with Crippen molar-refractivity contribution in [2.75, 3.05) is 12.3 Å². The van der Waals surface area contributed by atoms with E-state index in [1.807, 2.05) is 0 Å². The molecule has 3 heteroatoms. The van der Waals surface area contributed by atoms with Gasteiger partial charge in [-0.15, -0.1) is 0 Å². The van der Waals surface area contributed by atoms with E-state index >= 15 is 0 Å². The Morgan fingerprint density at radius 1 is 1.35 bits per heavy atom. The van der Waals surface area contributed by atoms with Gasteiger partial charge in [0, 0.05) is 22.3 Å². The number of halogens is 1. The molecule has 0 spiro atoms. The molecule has 1 aliphatic heterocycles. The first-order chi connectivity index (χ1) is 8.34. The van der Waals surface area contributed by atoms with Crippen molar-refractivity contribution in [3.63, 3.8) is 0 Å². The van der Waals surface area contributed by atoms with Gasteiger partial charge in [-0.2, -0.15) is 11.8 Å². The van der Waals surface area contributed by atoms with E-state index in [9.17, 15) is 0 Å². The van der Waals surface area contributed by atoms with E-state index in [2.05, 4.69) is 51.2 Å². The number of nitrogens with one attached hydrogen (secondary N) is 1. The normalized spacial score (nSPS) is 27.4. The number of fused-ring (bicyclic) bond motifs is 1. The lowest BCUT2D eigenvalue weighted by atomic mass is 10.1. The van der Waals surface area contributed by atoms with Crippen molar-refractivity contribution >= 4 is 27.7 Å². The Morgan fingerprint density at radius 2 is 2.29 bits per heavy atom. The van der Waals surface area contributed by atoms with Crippen LogP contribution in [0.3, 0.4) is 0 Å². The Balaban J connectivity index is 1.65. The molecule has 0 saturated carbocycles. The smallest absolute Gasteiger partial charge is 0.0327 e. The van der Waals surface area contributed by atoms with Crippen LogP contribution in [-0.4, -0.2) is 17.5 Å². The summed E-state index contributed by atoms with van der Waals surface area (Å²) in [4.78, 5) is 0. The molecule has 2 unspecified atom stereocenters. The van der Waals surface area contributed by atoms with Crippen LogP contribution in [-0.2, 0) is 6.42 Å². The molecule has 0 amide bonds. The second-order valence-electron chi connectivity index (χ2n) is 4.94. The number of rotatable bonds is 3. The van der Waals surface area contributed by atoms with Gasteiger partial charge in [-0.3, -0.25) is 0 Å². The van der Waals surface area contributed by atoms with E-state index in [4.69, 9.17) is 0 Å². The van der Waals surface area contributed by atoms with E-state index in [1.165, 1.54) is 53.6 Å². The largest absolute Gasteiger partial charge is 0.309 e. The molecule has 0 radical (unpaired) electrons. The topological polar surface area (TPSA) is 12.0 Å². The summed E-state index contributed by atoms with van der Waals surface area (Å²) in [5.74, 6) is 1.36. The quantitative estimate of drug-likeness (QED) is 0.908. The monoisotopic (exact) mass is 311 g/mol. The highest BCUT2D eigenvalue weighted by Crippen LogP contribution is 2.36. The maximum absolute atomic E-state index is 3.77. The number of thioether (sulfide) groups is 1. The third-order valence-electron chi connectivity index (χ3n) is 3.83. The average Bonchev–Trinajstić information content (AvgIpc) is 2.95. The molecule has 92 valence electrons. The standard InChI is InChI=1S/C14H18BrNS/c15-13-5-1-4-12-11(13)6-7-14(12)16-9-10-3-2-8-17-10/h1,4-5,10,14,16H,2-3,6-9H2. The Kier molecular flexibility index (Phi) is 3.78. The number of hydrogen-bond acceptors (Lipinski definition) is 2. The van der Waals surface area contributed by atoms with Gasteiger partial charge in [0.15, 0.2) is 0 Å². The third-order valence-corrected chi connectivity index (χ3v) is 5.97. The third kappa shape index (κ3) is 2.56. The van der Waals surface area contributed by atoms with Crippen LogP contribution in [0.15, 0.2) is 22.7 Å². The molecular formula is C14H18BrNS. The Hall–Kier alpha value is 0.01000. The molecule has 1 nitrogen and oxygen atoms in total. The molecule has 1 N–H and O–H groups in total. The Morgan fingerprint density at radius 3 is 3.12 bits per heavy atom. The van der Waals surface area contributed by atoms with Crippen molar-refractivity contribution in [3.8, 4) is 0 Å². The van der Waals surface area contributed by atoms with Crippen molar-refractivity contribution in [1.82, 2.24) is 5.32 Å². The second kappa shape index (κ2) is 5.33. The molecule has 2 aliphatic rings. The fraction of sp³-hybridized carbons (Fsp3) is 0.571. The molecule has 2 atom stereocenters. The molecule has 1 aromatic carbocycles. The van der Waals surface area contributed by atoms with Crippen LogP contribution in [0.25, 0.3) is 0 Å². The summed E-state index contributed by atoms with van der Waals surface area (Å²) in [6.07, 6.45) is 5.28. The molecule has 1 aliphatic carbocycles. The fourth-order valence-electron chi connectivity index (χ4n) is 2.90. The molecule has 17 heavy (non-hydrogen) atoms. The van der Waals surface area contributed by atoms with Crippen LogP contribution >= 0.6 is 27.7 Å². The highest BCUT2D eigenvalue weighted by molar-refractivity contribution is 9.10. The first-order valence-electron chi connectivity index (χ1n) is 6.47. The van der Waals surface area contributed by atoms with Gasteiger partial charge in [-0.1, -0.05) is 28.1 Å². The maximum atomic E-state index is 3.77. The van der Waals surface area contributed by atoms with Gasteiger partial charge in [-0.25, -0.2) is 0 Å². The Bertz CT molecular complexity index is 401. The van der Waals surface area contributed by atoms with Gasteiger partial charge in [0.05, 0.1) is 0 Å². The van der Waals surface area contributed by atoms with Crippen LogP contribution in [0, 0.1) is 0 Å². The Labute approximate surface area is 116 Å². The lowest BCUT2D eigenvalue weighted by molar-refractivity contribution is 0.522. The van der Waals surface area contributed by atoms with Gasteiger partial charge in [-0.05, 0) is 48.6 Å². The van der Waals surface area contributed by atoms with Crippen molar-refractivity contribution in [1.29, 1.82) is 0 Å². The van der Waals surface area contributed by atoms with E-state index in [0.29, 0.717) is 6.04 Å². The van der Waals surface area contributed by atoms with Crippen LogP contribution in [0.4, 0.5) is 0 Å². The summed E-state index contributed by atoms with van der Waals surface area (Å²) in [6, 6.07) is 7.19. The minimum atomic E-state index is 0.587. The summed E-state index contributed by atoms with van der Waals surface area (Å²) in [7, 11) is 0. The van der Waals surface area contributed by atoms with Crippen molar-refractivity contribution in [2.24, 2.45) is 0 Å². The van der Waals surface area contributed by atoms with Gasteiger partial charge in [0.1, 0.15) is 0 Å². The van der Waals surface area contributed by atoms with Crippen molar-refractivity contribution < 1.29 is 0 Å². The SMILES string of the molecule is Brc1cccc2c1CCC2NCC1CCCS1. The predicted octanol–water partition coefficient (Wildman–Crippen LogP) is 3.92. The fourth-order valence-corrected chi connectivity index (χ4v) is 4.69. The summed E-state index contributed by atoms with van der Waals surface area (Å²) in [6.45, 7) is 1.18. The van der Waals surface area contributed by atoms with Crippen molar-refractivity contribution in [2.45, 2.75) is 37.0 Å². The van der Waals surface area contributed by atoms with Gasteiger partial charge in [0.25, 0.3) is 0 Å². The van der Waals surface area contributed by atoms with Crippen LogP contribution < -0.4 is 5.32 Å². The van der Waals surface area contributed by atoms with Crippen LogP contribution in [0.5, 0.6) is 0 Å². The minimum absolute atomic E-state index is 0.587. The molecule has 1 aromatic rings. The van der Waals surface area contributed by atoms with E-state index in [0.717, 1.165) is 5.25 Å². The second-order valence-corrected chi connectivity index (χ2v) is 7.20. The molecule has 1 heterocycles. The zero-order valence-corrected chi connectivity index (χ0v) is 12.3. The van der Waals surface area contributed by atoms with Gasteiger partial charge < -0.3 is 5.32 Å². The number of hydrogen-bond donors (Lipinski definition) is 1. The van der Waals surface area contributed by atoms with E-state index < -0.39 is 0 Å². The highest BCUT2D eigenvalue weighted by Gasteiger charge is 2.25. The first-order valence-corrected chi connectivity index (χ1v) is 8.31. The predicted molar refractivity (Wildman–Crippen MR) is 78.7 cm³/mol. The molecule has 0 bridgehead atoms. The van der Waals surface area contributed by atoms with Crippen LogP contribution in [0.2, 0.25) is 0 Å². The summed E-state index contributed by atoms with van der Waals surface area (Å²) in [5, 5.41) is 4.62. The highest BCUT2D eigenvalue weighted by atomic mass is 79.9. The number of benzene rings is 1. The summed E-state index contributed by atoms with van der Waals surface area (Å²) < 4.78 is 1.29.